The van der Waals surface area contributed by atoms with Crippen LogP contribution in [0.1, 0.15) is 29.2 Å². The molecule has 3 N–H and O–H groups in total. The zero-order valence-corrected chi connectivity index (χ0v) is 20.2. The highest BCUT2D eigenvalue weighted by molar-refractivity contribution is 6.30. The van der Waals surface area contributed by atoms with Crippen molar-refractivity contribution in [2.24, 2.45) is 5.10 Å². The number of nitrogens with zero attached hydrogens (tertiary/aromatic N) is 1. The fraction of sp³-hybridized carbons (Fsp3) is 0.231. The minimum Gasteiger partial charge on any atom is -0.493 e. The molecule has 4 rings (SSSR count). The number of methoxy groups -OCH3 is 2. The van der Waals surface area contributed by atoms with Crippen LogP contribution in [-0.4, -0.2) is 32.4 Å². The van der Waals surface area contributed by atoms with E-state index >= 15 is 0 Å². The smallest absolute Gasteiger partial charge is 0.258 e. The number of hydrogen-bond donors (Lipinski definition) is 3. The maximum atomic E-state index is 12.6. The van der Waals surface area contributed by atoms with Gasteiger partial charge >= 0.3 is 0 Å². The number of carbonyl (C=O) groups excluding carboxylic acids is 1. The molecule has 0 bridgehead atoms. The third-order valence-electron chi connectivity index (χ3n) is 5.59. The molecule has 1 heterocycles. The summed E-state index contributed by atoms with van der Waals surface area (Å²) in [5, 5.41) is 4.77. The molecule has 0 saturated carbocycles. The zero-order valence-electron chi connectivity index (χ0n) is 19.5. The van der Waals surface area contributed by atoms with Crippen LogP contribution in [0.4, 0.5) is 0 Å². The number of carbonyl (C=O) groups is 1. The van der Waals surface area contributed by atoms with E-state index < -0.39 is 6.04 Å². The highest BCUT2D eigenvalue weighted by atomic mass is 35.5. The van der Waals surface area contributed by atoms with Gasteiger partial charge in [-0.2, -0.15) is 5.10 Å². The molecular weight excluding hydrogens is 468 g/mol. The fourth-order valence-corrected chi connectivity index (χ4v) is 3.82. The van der Waals surface area contributed by atoms with Crippen LogP contribution in [0.3, 0.4) is 0 Å². The van der Waals surface area contributed by atoms with Gasteiger partial charge in [-0.05, 0) is 65.6 Å². The van der Waals surface area contributed by atoms with Crippen LogP contribution < -0.4 is 30.5 Å². The lowest BCUT2D eigenvalue weighted by Gasteiger charge is -2.12. The summed E-state index contributed by atoms with van der Waals surface area (Å²) in [6.45, 7) is 0.445. The molecule has 0 radical (unpaired) electrons. The van der Waals surface area contributed by atoms with E-state index in [0.29, 0.717) is 29.5 Å². The maximum Gasteiger partial charge on any atom is 0.258 e. The van der Waals surface area contributed by atoms with Gasteiger partial charge in [-0.1, -0.05) is 35.9 Å². The Morgan fingerprint density at radius 1 is 1.06 bits per heavy atom. The van der Waals surface area contributed by atoms with E-state index in [9.17, 15) is 4.79 Å². The average molecular weight is 495 g/mol. The van der Waals surface area contributed by atoms with E-state index in [-0.39, 0.29) is 11.9 Å². The molecule has 0 aliphatic carbocycles. The van der Waals surface area contributed by atoms with E-state index in [1.165, 1.54) is 0 Å². The van der Waals surface area contributed by atoms with E-state index in [2.05, 4.69) is 21.4 Å². The molecule has 3 aromatic rings. The number of hydrazine groups is 1. The Morgan fingerprint density at radius 2 is 1.86 bits per heavy atom. The summed E-state index contributed by atoms with van der Waals surface area (Å²) in [6, 6.07) is 20.3. The first kappa shape index (κ1) is 24.5. The second kappa shape index (κ2) is 11.7. The number of hydrogen-bond acceptors (Lipinski definition) is 7. The summed E-state index contributed by atoms with van der Waals surface area (Å²) in [5.41, 5.74) is 11.6. The molecule has 1 aliphatic heterocycles. The van der Waals surface area contributed by atoms with Crippen LogP contribution in [0, 0.1) is 0 Å². The SMILES string of the molecule is COc1ccc(/C=N/NC(=O)C2CC(c3cccc(OCc4ccc(Cl)cc4)c3)NN2)cc1OC. The lowest BCUT2D eigenvalue weighted by molar-refractivity contribution is -0.122. The van der Waals surface area contributed by atoms with Crippen LogP contribution >= 0.6 is 11.6 Å². The van der Waals surface area contributed by atoms with Gasteiger partial charge in [0, 0.05) is 11.1 Å². The molecule has 2 atom stereocenters. The van der Waals surface area contributed by atoms with E-state index in [4.69, 9.17) is 25.8 Å². The topological polar surface area (TPSA) is 93.2 Å². The molecule has 9 heteroatoms. The van der Waals surface area contributed by atoms with Crippen molar-refractivity contribution in [1.29, 1.82) is 0 Å². The highest BCUT2D eigenvalue weighted by Crippen LogP contribution is 2.27. The molecule has 3 aromatic carbocycles. The minimum atomic E-state index is -0.429. The lowest BCUT2D eigenvalue weighted by atomic mass is 10.0. The average Bonchev–Trinajstić information content (AvgIpc) is 3.39. The molecule has 0 aromatic heterocycles. The number of rotatable bonds is 9. The molecule has 0 spiro atoms. The van der Waals surface area contributed by atoms with Crippen LogP contribution in [0.25, 0.3) is 0 Å². The van der Waals surface area contributed by atoms with Crippen molar-refractivity contribution in [2.75, 3.05) is 14.2 Å². The lowest BCUT2D eigenvalue weighted by Crippen LogP contribution is -2.41. The Bertz CT molecular complexity index is 1190. The van der Waals surface area contributed by atoms with Gasteiger partial charge in [0.05, 0.1) is 20.4 Å². The van der Waals surface area contributed by atoms with Crippen molar-refractivity contribution in [3.63, 3.8) is 0 Å². The Hall–Kier alpha value is -3.59. The first-order valence-corrected chi connectivity index (χ1v) is 11.5. The second-order valence-electron chi connectivity index (χ2n) is 7.97. The molecule has 8 nitrogen and oxygen atoms in total. The molecule has 1 aliphatic rings. The summed E-state index contributed by atoms with van der Waals surface area (Å²) in [7, 11) is 3.14. The van der Waals surface area contributed by atoms with Crippen LogP contribution in [0.2, 0.25) is 5.02 Å². The van der Waals surface area contributed by atoms with Gasteiger partial charge in [-0.25, -0.2) is 16.3 Å². The van der Waals surface area contributed by atoms with E-state index in [0.717, 1.165) is 22.4 Å². The number of hydrazone groups is 1. The van der Waals surface area contributed by atoms with Crippen molar-refractivity contribution in [1.82, 2.24) is 16.3 Å². The summed E-state index contributed by atoms with van der Waals surface area (Å²) >= 11 is 5.94. The Kier molecular flexibility index (Phi) is 8.20. The first-order chi connectivity index (χ1) is 17.1. The van der Waals surface area contributed by atoms with Gasteiger partial charge in [0.1, 0.15) is 18.4 Å². The summed E-state index contributed by atoms with van der Waals surface area (Å²) < 4.78 is 16.4. The van der Waals surface area contributed by atoms with Gasteiger partial charge in [-0.15, -0.1) is 0 Å². The molecule has 2 unspecified atom stereocenters. The number of nitrogens with one attached hydrogen (secondary N) is 3. The molecular formula is C26H27ClN4O4. The van der Waals surface area contributed by atoms with Crippen molar-refractivity contribution in [3.05, 3.63) is 88.4 Å². The minimum absolute atomic E-state index is 0.0420. The molecule has 1 saturated heterocycles. The van der Waals surface area contributed by atoms with Gasteiger partial charge in [-0.3, -0.25) is 4.79 Å². The molecule has 35 heavy (non-hydrogen) atoms. The standard InChI is InChI=1S/C26H27ClN4O4/c1-33-24-11-8-18(12-25(24)34-2)15-28-31-26(32)23-14-22(29-30-23)19-4-3-5-21(13-19)35-16-17-6-9-20(27)10-7-17/h3-13,15,22-23,29-30H,14,16H2,1-2H3,(H,31,32)/b28-15+. The zero-order chi connectivity index (χ0) is 24.6. The highest BCUT2D eigenvalue weighted by Gasteiger charge is 2.30. The normalized spacial score (nSPS) is 17.3. The fourth-order valence-electron chi connectivity index (χ4n) is 3.70. The number of benzene rings is 3. The molecule has 182 valence electrons. The second-order valence-corrected chi connectivity index (χ2v) is 8.40. The Balaban J connectivity index is 1.30. The van der Waals surface area contributed by atoms with Crippen molar-refractivity contribution < 1.29 is 19.0 Å². The van der Waals surface area contributed by atoms with Gasteiger partial charge in [0.15, 0.2) is 11.5 Å². The van der Waals surface area contributed by atoms with Gasteiger partial charge in [0.25, 0.3) is 5.91 Å². The van der Waals surface area contributed by atoms with Crippen molar-refractivity contribution >= 4 is 23.7 Å². The Labute approximate surface area is 209 Å². The third kappa shape index (κ3) is 6.51. The largest absolute Gasteiger partial charge is 0.493 e. The quantitative estimate of drug-likeness (QED) is 0.307. The monoisotopic (exact) mass is 494 g/mol. The van der Waals surface area contributed by atoms with Crippen molar-refractivity contribution in [2.45, 2.75) is 25.1 Å². The van der Waals surface area contributed by atoms with Crippen LogP contribution in [0.15, 0.2) is 71.8 Å². The van der Waals surface area contributed by atoms with Crippen LogP contribution in [0.5, 0.6) is 17.2 Å². The predicted molar refractivity (Wildman–Crippen MR) is 135 cm³/mol. The number of halogens is 1. The number of amides is 1. The molecule has 1 fully saturated rings. The van der Waals surface area contributed by atoms with Gasteiger partial charge < -0.3 is 14.2 Å². The van der Waals surface area contributed by atoms with Gasteiger partial charge in [0.2, 0.25) is 0 Å². The van der Waals surface area contributed by atoms with E-state index in [1.54, 1.807) is 32.6 Å². The van der Waals surface area contributed by atoms with Crippen LogP contribution in [-0.2, 0) is 11.4 Å². The Morgan fingerprint density at radius 3 is 2.63 bits per heavy atom. The maximum absolute atomic E-state index is 12.6. The predicted octanol–water partition coefficient (Wildman–Crippen LogP) is 3.99. The first-order valence-electron chi connectivity index (χ1n) is 11.1. The number of ether oxygens (including phenoxy) is 3. The third-order valence-corrected chi connectivity index (χ3v) is 5.85. The summed E-state index contributed by atoms with van der Waals surface area (Å²) in [5.74, 6) is 1.74. The van der Waals surface area contributed by atoms with E-state index in [1.807, 2.05) is 54.6 Å². The van der Waals surface area contributed by atoms with Crippen molar-refractivity contribution in [3.8, 4) is 17.2 Å². The summed E-state index contributed by atoms with van der Waals surface area (Å²) in [6.07, 6.45) is 2.12. The summed E-state index contributed by atoms with van der Waals surface area (Å²) in [4.78, 5) is 12.6. The molecule has 1 amide bonds.